The van der Waals surface area contributed by atoms with Gasteiger partial charge < -0.3 is 9.32 Å². The van der Waals surface area contributed by atoms with Gasteiger partial charge in [0.2, 0.25) is 5.91 Å². The van der Waals surface area contributed by atoms with E-state index in [-0.39, 0.29) is 23.7 Å². The Bertz CT molecular complexity index is 1040. The van der Waals surface area contributed by atoms with E-state index >= 15 is 0 Å². The minimum Gasteiger partial charge on any atom is -0.440 e. The average molecular weight is 415 g/mol. The lowest BCUT2D eigenvalue weighted by molar-refractivity contribution is -0.133. The second-order valence-electron chi connectivity index (χ2n) is 7.73. The van der Waals surface area contributed by atoms with E-state index in [4.69, 9.17) is 27.6 Å². The van der Waals surface area contributed by atoms with E-state index in [2.05, 4.69) is 4.98 Å². The first-order valence-electron chi connectivity index (χ1n) is 9.69. The zero-order valence-electron chi connectivity index (χ0n) is 15.3. The summed E-state index contributed by atoms with van der Waals surface area (Å²) in [6.07, 6.45) is 2.64. The van der Waals surface area contributed by atoms with Crippen molar-refractivity contribution in [2.45, 2.75) is 31.1 Å². The fraction of sp³-hybridized carbons (Fsp3) is 0.364. The van der Waals surface area contributed by atoms with Crippen molar-refractivity contribution >= 4 is 40.2 Å². The number of piperidine rings is 1. The van der Waals surface area contributed by atoms with E-state index in [1.54, 1.807) is 0 Å². The molecular weight excluding hydrogens is 395 g/mol. The number of aromatic nitrogens is 1. The molecule has 2 atom stereocenters. The average Bonchev–Trinajstić information content (AvgIpc) is 3.39. The quantitative estimate of drug-likeness (QED) is 0.556. The maximum Gasteiger partial charge on any atom is 0.226 e. The van der Waals surface area contributed by atoms with Gasteiger partial charge in [-0.2, -0.15) is 0 Å². The number of benzene rings is 2. The number of nitrogens with zero attached hydrogens (tertiary/aromatic N) is 2. The summed E-state index contributed by atoms with van der Waals surface area (Å²) in [5, 5.41) is 1.42. The third-order valence-electron chi connectivity index (χ3n) is 5.93. The number of amides is 1. The van der Waals surface area contributed by atoms with Crippen LogP contribution < -0.4 is 0 Å². The molecule has 0 N–H and O–H groups in total. The molecule has 144 valence electrons. The Hall–Kier alpha value is -2.04. The Kier molecular flexibility index (Phi) is 4.56. The molecule has 1 saturated heterocycles. The van der Waals surface area contributed by atoms with E-state index in [9.17, 15) is 4.79 Å². The first-order valence-corrected chi connectivity index (χ1v) is 10.4. The molecule has 2 aromatic carbocycles. The van der Waals surface area contributed by atoms with Crippen LogP contribution in [0, 0.1) is 5.92 Å². The molecule has 2 unspecified atom stereocenters. The first kappa shape index (κ1) is 18.0. The van der Waals surface area contributed by atoms with E-state index in [0.29, 0.717) is 5.02 Å². The molecule has 5 rings (SSSR count). The highest BCUT2D eigenvalue weighted by Crippen LogP contribution is 2.50. The predicted octanol–water partition coefficient (Wildman–Crippen LogP) is 5.64. The van der Waals surface area contributed by atoms with Gasteiger partial charge in [0.15, 0.2) is 11.5 Å². The SMILES string of the molecule is O=C(C1CC1c1ccccc1Cl)N1CCC(c2nc3cc(Cl)ccc3o2)CC1. The first-order chi connectivity index (χ1) is 13.6. The van der Waals surface area contributed by atoms with Crippen molar-refractivity contribution < 1.29 is 9.21 Å². The number of rotatable bonds is 3. The molecule has 3 aromatic rings. The lowest BCUT2D eigenvalue weighted by Crippen LogP contribution is -2.39. The molecule has 6 heteroatoms. The van der Waals surface area contributed by atoms with Crippen molar-refractivity contribution in [3.63, 3.8) is 0 Å². The molecule has 28 heavy (non-hydrogen) atoms. The summed E-state index contributed by atoms with van der Waals surface area (Å²) in [6, 6.07) is 13.3. The highest BCUT2D eigenvalue weighted by molar-refractivity contribution is 6.31. The van der Waals surface area contributed by atoms with E-state index in [1.165, 1.54) is 0 Å². The topological polar surface area (TPSA) is 46.3 Å². The molecule has 2 fully saturated rings. The predicted molar refractivity (Wildman–Crippen MR) is 110 cm³/mol. The Labute approximate surface area is 173 Å². The lowest BCUT2D eigenvalue weighted by atomic mass is 9.96. The van der Waals surface area contributed by atoms with Crippen LogP contribution in [0.5, 0.6) is 0 Å². The molecule has 1 aliphatic heterocycles. The van der Waals surface area contributed by atoms with Crippen molar-refractivity contribution in [1.29, 1.82) is 0 Å². The fourth-order valence-electron chi connectivity index (χ4n) is 4.26. The van der Waals surface area contributed by atoms with Crippen LogP contribution in [0.1, 0.15) is 42.6 Å². The third-order valence-corrected chi connectivity index (χ3v) is 6.51. The van der Waals surface area contributed by atoms with Crippen LogP contribution >= 0.6 is 23.2 Å². The molecule has 0 bridgehead atoms. The second kappa shape index (κ2) is 7.09. The van der Waals surface area contributed by atoms with Crippen molar-refractivity contribution in [1.82, 2.24) is 9.88 Å². The van der Waals surface area contributed by atoms with Crippen LogP contribution in [0.15, 0.2) is 46.9 Å². The summed E-state index contributed by atoms with van der Waals surface area (Å²) in [5.41, 5.74) is 2.66. The molecule has 2 heterocycles. The normalized spacial score (nSPS) is 22.6. The van der Waals surface area contributed by atoms with Gasteiger partial charge in [-0.15, -0.1) is 0 Å². The van der Waals surface area contributed by atoms with E-state index in [0.717, 1.165) is 59.9 Å². The van der Waals surface area contributed by atoms with Gasteiger partial charge in [-0.05, 0) is 55.0 Å². The summed E-state index contributed by atoms with van der Waals surface area (Å²) in [4.78, 5) is 19.5. The van der Waals surface area contributed by atoms with Crippen molar-refractivity contribution in [2.24, 2.45) is 5.92 Å². The zero-order chi connectivity index (χ0) is 19.3. The summed E-state index contributed by atoms with van der Waals surface area (Å²) >= 11 is 12.3. The van der Waals surface area contributed by atoms with Crippen LogP contribution in [0.4, 0.5) is 0 Å². The van der Waals surface area contributed by atoms with Gasteiger partial charge in [-0.1, -0.05) is 41.4 Å². The monoisotopic (exact) mass is 414 g/mol. The van der Waals surface area contributed by atoms with Crippen LogP contribution in [0.3, 0.4) is 0 Å². The van der Waals surface area contributed by atoms with Crippen LogP contribution in [0.2, 0.25) is 10.0 Å². The third kappa shape index (κ3) is 3.29. The summed E-state index contributed by atoms with van der Waals surface area (Å²) < 4.78 is 5.92. The fourth-order valence-corrected chi connectivity index (χ4v) is 4.70. The Morgan fingerprint density at radius 3 is 2.68 bits per heavy atom. The van der Waals surface area contributed by atoms with Crippen molar-refractivity contribution in [2.75, 3.05) is 13.1 Å². The molecule has 4 nitrogen and oxygen atoms in total. The number of fused-ring (bicyclic) bond motifs is 1. The number of halogens is 2. The summed E-state index contributed by atoms with van der Waals surface area (Å²) in [5.74, 6) is 1.59. The smallest absolute Gasteiger partial charge is 0.226 e. The van der Waals surface area contributed by atoms with Gasteiger partial charge >= 0.3 is 0 Å². The molecule has 1 aromatic heterocycles. The van der Waals surface area contributed by atoms with Gasteiger partial charge in [0.25, 0.3) is 0 Å². The van der Waals surface area contributed by atoms with Crippen molar-refractivity contribution in [3.05, 3.63) is 64.0 Å². The van der Waals surface area contributed by atoms with Gasteiger partial charge in [0.1, 0.15) is 5.52 Å². The summed E-state index contributed by atoms with van der Waals surface area (Å²) in [7, 11) is 0. The highest BCUT2D eigenvalue weighted by atomic mass is 35.5. The minimum atomic E-state index is 0.0721. The number of carbonyl (C=O) groups is 1. The molecule has 1 saturated carbocycles. The standard InChI is InChI=1S/C22H20Cl2N2O2/c23-14-5-6-20-19(11-14)25-21(28-20)13-7-9-26(10-8-13)22(27)17-12-16(17)15-3-1-2-4-18(15)24/h1-6,11,13,16-17H,7-10,12H2. The van der Waals surface area contributed by atoms with Crippen LogP contribution in [-0.4, -0.2) is 28.9 Å². The van der Waals surface area contributed by atoms with E-state index < -0.39 is 0 Å². The second-order valence-corrected chi connectivity index (χ2v) is 8.58. The van der Waals surface area contributed by atoms with Crippen molar-refractivity contribution in [3.8, 4) is 0 Å². The molecule has 2 aliphatic rings. The van der Waals surface area contributed by atoms with Gasteiger partial charge in [0, 0.05) is 35.0 Å². The lowest BCUT2D eigenvalue weighted by Gasteiger charge is -2.31. The maximum atomic E-state index is 12.9. The summed E-state index contributed by atoms with van der Waals surface area (Å²) in [6.45, 7) is 1.49. The number of hydrogen-bond acceptors (Lipinski definition) is 3. The van der Waals surface area contributed by atoms with Crippen LogP contribution in [-0.2, 0) is 4.79 Å². The van der Waals surface area contributed by atoms with E-state index in [1.807, 2.05) is 47.4 Å². The number of oxazole rings is 1. The molecular formula is C22H20Cl2N2O2. The van der Waals surface area contributed by atoms with Gasteiger partial charge in [-0.25, -0.2) is 4.98 Å². The van der Waals surface area contributed by atoms with Gasteiger partial charge in [-0.3, -0.25) is 4.79 Å². The van der Waals surface area contributed by atoms with Gasteiger partial charge in [0.05, 0.1) is 0 Å². The number of hydrogen-bond donors (Lipinski definition) is 0. The zero-order valence-corrected chi connectivity index (χ0v) is 16.8. The Morgan fingerprint density at radius 2 is 1.89 bits per heavy atom. The number of likely N-dealkylation sites (tertiary alicyclic amines) is 1. The largest absolute Gasteiger partial charge is 0.440 e. The molecule has 0 radical (unpaired) electrons. The molecule has 1 amide bonds. The Morgan fingerprint density at radius 1 is 1.11 bits per heavy atom. The Balaban J connectivity index is 1.22. The number of carbonyl (C=O) groups excluding carboxylic acids is 1. The maximum absolute atomic E-state index is 12.9. The van der Waals surface area contributed by atoms with Crippen LogP contribution in [0.25, 0.3) is 11.1 Å². The molecule has 0 spiro atoms. The molecule has 1 aliphatic carbocycles. The highest BCUT2D eigenvalue weighted by Gasteiger charge is 2.47. The minimum absolute atomic E-state index is 0.0721.